The van der Waals surface area contributed by atoms with Crippen LogP contribution in [0.1, 0.15) is 61.5 Å². The number of amides is 1. The molecule has 0 unspecified atom stereocenters. The predicted octanol–water partition coefficient (Wildman–Crippen LogP) is 4.23. The Kier molecular flexibility index (Phi) is 11.0. The van der Waals surface area contributed by atoms with Gasteiger partial charge in [0.05, 0.1) is 0 Å². The molecule has 7 heteroatoms. The van der Waals surface area contributed by atoms with Crippen molar-refractivity contribution in [1.82, 2.24) is 21.1 Å². The standard InChI is InChI=1S/C25H36N4O2S/c1-5-29(6-2)16-8-15-26-25(32)28-27-24(30)22-10-7-9-20(17-22)18-31-23-13-11-21(12-14-23)19(3)4/h7,9-14,17,19H,5-6,8,15-16,18H2,1-4H3,(H,27,30)(H2,26,28,32). The lowest BCUT2D eigenvalue weighted by Crippen LogP contribution is -2.47. The molecule has 1 amide bonds. The van der Waals surface area contributed by atoms with Crippen molar-refractivity contribution in [2.75, 3.05) is 26.2 Å². The van der Waals surface area contributed by atoms with Crippen LogP contribution in [0.4, 0.5) is 0 Å². The Labute approximate surface area is 197 Å². The molecule has 6 nitrogen and oxygen atoms in total. The molecule has 0 aromatic heterocycles. The van der Waals surface area contributed by atoms with Crippen LogP contribution in [0.2, 0.25) is 0 Å². The molecule has 32 heavy (non-hydrogen) atoms. The molecule has 2 aromatic carbocycles. The third kappa shape index (κ3) is 8.85. The van der Waals surface area contributed by atoms with Crippen LogP contribution in [-0.4, -0.2) is 42.1 Å². The molecule has 0 aliphatic heterocycles. The van der Waals surface area contributed by atoms with Crippen molar-refractivity contribution in [2.45, 2.75) is 46.6 Å². The minimum atomic E-state index is -0.250. The van der Waals surface area contributed by atoms with Crippen molar-refractivity contribution in [3.05, 3.63) is 65.2 Å². The van der Waals surface area contributed by atoms with Crippen LogP contribution in [-0.2, 0) is 6.61 Å². The molecule has 0 aliphatic carbocycles. The third-order valence-corrected chi connectivity index (χ3v) is 5.51. The van der Waals surface area contributed by atoms with E-state index in [1.807, 2.05) is 30.3 Å². The number of nitrogens with zero attached hydrogens (tertiary/aromatic N) is 1. The fraction of sp³-hybridized carbons (Fsp3) is 0.440. The van der Waals surface area contributed by atoms with Gasteiger partial charge >= 0.3 is 0 Å². The number of hydrazine groups is 1. The number of carbonyl (C=O) groups excluding carboxylic acids is 1. The van der Waals surface area contributed by atoms with Gasteiger partial charge in [0, 0.05) is 12.1 Å². The van der Waals surface area contributed by atoms with Crippen LogP contribution in [0.5, 0.6) is 5.75 Å². The van der Waals surface area contributed by atoms with Gasteiger partial charge in [-0.05, 0) is 79.6 Å². The normalized spacial score (nSPS) is 10.8. The summed E-state index contributed by atoms with van der Waals surface area (Å²) in [6.07, 6.45) is 0.986. The Morgan fingerprint density at radius 3 is 2.44 bits per heavy atom. The first-order chi connectivity index (χ1) is 15.4. The number of ether oxygens (including phenoxy) is 1. The smallest absolute Gasteiger partial charge is 0.269 e. The van der Waals surface area contributed by atoms with E-state index in [0.717, 1.165) is 43.9 Å². The molecule has 174 valence electrons. The molecule has 2 aromatic rings. The van der Waals surface area contributed by atoms with Crippen molar-refractivity contribution in [2.24, 2.45) is 0 Å². The van der Waals surface area contributed by atoms with Crippen molar-refractivity contribution in [1.29, 1.82) is 0 Å². The second kappa shape index (κ2) is 13.7. The number of rotatable bonds is 11. The zero-order chi connectivity index (χ0) is 23.3. The molecule has 0 bridgehead atoms. The molecule has 0 heterocycles. The second-order valence-electron chi connectivity index (χ2n) is 7.93. The van der Waals surface area contributed by atoms with Gasteiger partial charge in [-0.1, -0.05) is 52.0 Å². The average Bonchev–Trinajstić information content (AvgIpc) is 2.81. The first-order valence-electron chi connectivity index (χ1n) is 11.3. The van der Waals surface area contributed by atoms with Gasteiger partial charge < -0.3 is 15.0 Å². The maximum absolute atomic E-state index is 12.5. The molecular weight excluding hydrogens is 420 g/mol. The lowest BCUT2D eigenvalue weighted by molar-refractivity contribution is 0.0943. The summed E-state index contributed by atoms with van der Waals surface area (Å²) in [6.45, 7) is 12.9. The van der Waals surface area contributed by atoms with E-state index in [1.165, 1.54) is 5.56 Å². The summed E-state index contributed by atoms with van der Waals surface area (Å²) in [5, 5.41) is 3.52. The summed E-state index contributed by atoms with van der Waals surface area (Å²) < 4.78 is 5.87. The molecule has 3 N–H and O–H groups in total. The van der Waals surface area contributed by atoms with E-state index < -0.39 is 0 Å². The average molecular weight is 457 g/mol. The fourth-order valence-corrected chi connectivity index (χ4v) is 3.35. The first kappa shape index (κ1) is 25.6. The number of carbonyl (C=O) groups is 1. The van der Waals surface area contributed by atoms with Gasteiger partial charge in [-0.2, -0.15) is 0 Å². The Hall–Kier alpha value is -2.64. The van der Waals surface area contributed by atoms with Crippen molar-refractivity contribution in [3.63, 3.8) is 0 Å². The Balaban J connectivity index is 1.75. The van der Waals surface area contributed by atoms with E-state index in [1.54, 1.807) is 6.07 Å². The van der Waals surface area contributed by atoms with Crippen LogP contribution in [0.25, 0.3) is 0 Å². The largest absolute Gasteiger partial charge is 0.489 e. The molecule has 0 spiro atoms. The number of hydrogen-bond acceptors (Lipinski definition) is 4. The molecular formula is C25H36N4O2S. The summed E-state index contributed by atoms with van der Waals surface area (Å²) in [4.78, 5) is 14.8. The highest BCUT2D eigenvalue weighted by Gasteiger charge is 2.08. The highest BCUT2D eigenvalue weighted by atomic mass is 32.1. The lowest BCUT2D eigenvalue weighted by Gasteiger charge is -2.18. The van der Waals surface area contributed by atoms with E-state index in [2.05, 4.69) is 60.9 Å². The van der Waals surface area contributed by atoms with Crippen LogP contribution >= 0.6 is 12.2 Å². The molecule has 0 saturated heterocycles. The van der Waals surface area contributed by atoms with Gasteiger partial charge in [-0.25, -0.2) is 0 Å². The highest BCUT2D eigenvalue weighted by molar-refractivity contribution is 7.80. The van der Waals surface area contributed by atoms with Gasteiger partial charge in [0.1, 0.15) is 12.4 Å². The number of nitrogens with one attached hydrogen (secondary N) is 3. The van der Waals surface area contributed by atoms with Gasteiger partial charge in [0.25, 0.3) is 5.91 Å². The van der Waals surface area contributed by atoms with Gasteiger partial charge in [0.15, 0.2) is 5.11 Å². The van der Waals surface area contributed by atoms with Crippen LogP contribution < -0.4 is 20.9 Å². The maximum Gasteiger partial charge on any atom is 0.269 e. The minimum absolute atomic E-state index is 0.250. The SMILES string of the molecule is CCN(CC)CCCNC(=S)NNC(=O)c1cccc(COc2ccc(C(C)C)cc2)c1. The Morgan fingerprint density at radius 2 is 1.78 bits per heavy atom. The summed E-state index contributed by atoms with van der Waals surface area (Å²) in [6, 6.07) is 15.5. The Morgan fingerprint density at radius 1 is 1.06 bits per heavy atom. The van der Waals surface area contributed by atoms with E-state index in [4.69, 9.17) is 17.0 Å². The topological polar surface area (TPSA) is 65.6 Å². The van der Waals surface area contributed by atoms with E-state index in [0.29, 0.717) is 23.2 Å². The Bertz CT molecular complexity index is 851. The number of benzene rings is 2. The summed E-state index contributed by atoms with van der Waals surface area (Å²) in [5.41, 5.74) is 8.15. The number of thiocarbonyl (C=S) groups is 1. The first-order valence-corrected chi connectivity index (χ1v) is 11.7. The molecule has 0 atom stereocenters. The molecule has 2 rings (SSSR count). The zero-order valence-corrected chi connectivity index (χ0v) is 20.4. The summed E-state index contributed by atoms with van der Waals surface area (Å²) in [5.74, 6) is 1.05. The lowest BCUT2D eigenvalue weighted by atomic mass is 10.0. The molecule has 0 aliphatic rings. The monoisotopic (exact) mass is 456 g/mol. The quantitative estimate of drug-likeness (QED) is 0.267. The molecule has 0 fully saturated rings. The number of hydrogen-bond donors (Lipinski definition) is 3. The van der Waals surface area contributed by atoms with Crippen LogP contribution in [0.3, 0.4) is 0 Å². The van der Waals surface area contributed by atoms with Crippen molar-refractivity contribution < 1.29 is 9.53 Å². The van der Waals surface area contributed by atoms with Crippen LogP contribution in [0, 0.1) is 0 Å². The summed E-state index contributed by atoms with van der Waals surface area (Å²) in [7, 11) is 0. The van der Waals surface area contributed by atoms with E-state index >= 15 is 0 Å². The second-order valence-corrected chi connectivity index (χ2v) is 8.34. The van der Waals surface area contributed by atoms with Gasteiger partial charge in [0.2, 0.25) is 0 Å². The third-order valence-electron chi connectivity index (χ3n) is 5.26. The van der Waals surface area contributed by atoms with E-state index in [9.17, 15) is 4.79 Å². The fourth-order valence-electron chi connectivity index (χ4n) is 3.19. The molecule has 0 saturated carbocycles. The van der Waals surface area contributed by atoms with Gasteiger partial charge in [-0.15, -0.1) is 0 Å². The molecule has 0 radical (unpaired) electrons. The van der Waals surface area contributed by atoms with E-state index in [-0.39, 0.29) is 5.91 Å². The van der Waals surface area contributed by atoms with Crippen LogP contribution in [0.15, 0.2) is 48.5 Å². The predicted molar refractivity (Wildman–Crippen MR) is 135 cm³/mol. The highest BCUT2D eigenvalue weighted by Crippen LogP contribution is 2.19. The summed E-state index contributed by atoms with van der Waals surface area (Å²) >= 11 is 5.23. The van der Waals surface area contributed by atoms with Gasteiger partial charge in [-0.3, -0.25) is 15.6 Å². The van der Waals surface area contributed by atoms with Crippen molar-refractivity contribution >= 4 is 23.2 Å². The minimum Gasteiger partial charge on any atom is -0.489 e. The van der Waals surface area contributed by atoms with Crippen molar-refractivity contribution in [3.8, 4) is 5.75 Å². The maximum atomic E-state index is 12.5. The zero-order valence-electron chi connectivity index (χ0n) is 19.6.